The molecular formula is C20H21BrN2O3. The second-order valence-corrected chi connectivity index (χ2v) is 7.38. The first kappa shape index (κ1) is 17.2. The van der Waals surface area contributed by atoms with Crippen LogP contribution in [-0.2, 0) is 11.2 Å². The lowest BCUT2D eigenvalue weighted by molar-refractivity contribution is -0.115. The summed E-state index contributed by atoms with van der Waals surface area (Å²) in [6, 6.07) is 11.8. The first-order chi connectivity index (χ1) is 12.7. The molecule has 0 spiro atoms. The molecule has 1 N–H and O–H groups in total. The van der Waals surface area contributed by atoms with E-state index in [1.165, 1.54) is 12.8 Å². The van der Waals surface area contributed by atoms with Gasteiger partial charge in [0.1, 0.15) is 13.2 Å². The summed E-state index contributed by atoms with van der Waals surface area (Å²) in [7, 11) is 0. The number of nitrogens with one attached hydrogen (secondary N) is 1. The van der Waals surface area contributed by atoms with Crippen LogP contribution in [-0.4, -0.2) is 32.2 Å². The molecule has 1 fully saturated rings. The molecule has 1 amide bonds. The van der Waals surface area contributed by atoms with Crippen LogP contribution in [0.4, 0.5) is 11.4 Å². The van der Waals surface area contributed by atoms with E-state index >= 15 is 0 Å². The third kappa shape index (κ3) is 3.65. The molecule has 0 saturated carbocycles. The Hall–Kier alpha value is -2.21. The summed E-state index contributed by atoms with van der Waals surface area (Å²) in [4.78, 5) is 15.0. The number of carbonyl (C=O) groups is 1. The van der Waals surface area contributed by atoms with Crippen molar-refractivity contribution in [3.8, 4) is 11.5 Å². The first-order valence-electron chi connectivity index (χ1n) is 8.92. The molecule has 2 aromatic carbocycles. The molecule has 4 rings (SSSR count). The van der Waals surface area contributed by atoms with Gasteiger partial charge in [-0.25, -0.2) is 0 Å². The largest absolute Gasteiger partial charge is 0.486 e. The van der Waals surface area contributed by atoms with E-state index in [1.54, 1.807) is 0 Å². The van der Waals surface area contributed by atoms with Gasteiger partial charge in [0, 0.05) is 17.6 Å². The fourth-order valence-corrected chi connectivity index (χ4v) is 3.88. The predicted octanol–water partition coefficient (Wildman–Crippen LogP) is 4.00. The Labute approximate surface area is 161 Å². The number of halogens is 1. The molecule has 2 aromatic rings. The molecule has 136 valence electrons. The minimum absolute atomic E-state index is 0.0472. The second-order valence-electron chi connectivity index (χ2n) is 6.52. The summed E-state index contributed by atoms with van der Waals surface area (Å²) in [5, 5.41) is 3.07. The summed E-state index contributed by atoms with van der Waals surface area (Å²) < 4.78 is 12.0. The van der Waals surface area contributed by atoms with E-state index in [1.807, 2.05) is 30.3 Å². The van der Waals surface area contributed by atoms with Crippen LogP contribution < -0.4 is 19.7 Å². The Kier molecular flexibility index (Phi) is 5.02. The van der Waals surface area contributed by atoms with Gasteiger partial charge >= 0.3 is 0 Å². The highest BCUT2D eigenvalue weighted by Gasteiger charge is 2.19. The third-order valence-electron chi connectivity index (χ3n) is 4.69. The van der Waals surface area contributed by atoms with E-state index in [0.29, 0.717) is 24.7 Å². The van der Waals surface area contributed by atoms with E-state index in [-0.39, 0.29) is 12.3 Å². The zero-order valence-corrected chi connectivity index (χ0v) is 16.0. The van der Waals surface area contributed by atoms with Gasteiger partial charge < -0.3 is 19.7 Å². The quantitative estimate of drug-likeness (QED) is 0.817. The van der Waals surface area contributed by atoms with Crippen molar-refractivity contribution in [2.24, 2.45) is 0 Å². The van der Waals surface area contributed by atoms with E-state index in [0.717, 1.165) is 34.5 Å². The maximum Gasteiger partial charge on any atom is 0.228 e. The average molecular weight is 417 g/mol. The molecule has 0 aliphatic carbocycles. The molecule has 2 aliphatic rings. The molecule has 2 heterocycles. The molecule has 0 bridgehead atoms. The Morgan fingerprint density at radius 3 is 2.54 bits per heavy atom. The number of hydrogen-bond acceptors (Lipinski definition) is 4. The smallest absolute Gasteiger partial charge is 0.228 e. The number of para-hydroxylation sites is 2. The van der Waals surface area contributed by atoms with Gasteiger partial charge in [-0.2, -0.15) is 0 Å². The lowest BCUT2D eigenvalue weighted by Gasteiger charge is -2.22. The zero-order chi connectivity index (χ0) is 17.9. The highest BCUT2D eigenvalue weighted by Crippen LogP contribution is 2.36. The molecule has 0 atom stereocenters. The lowest BCUT2D eigenvalue weighted by atomic mass is 10.1. The zero-order valence-electron chi connectivity index (χ0n) is 14.5. The van der Waals surface area contributed by atoms with Crippen LogP contribution in [0.15, 0.2) is 40.9 Å². The molecule has 2 aliphatic heterocycles. The summed E-state index contributed by atoms with van der Waals surface area (Å²) in [6.45, 7) is 3.16. The number of fused-ring (bicyclic) bond motifs is 1. The number of benzene rings is 2. The van der Waals surface area contributed by atoms with Crippen LogP contribution >= 0.6 is 15.9 Å². The van der Waals surface area contributed by atoms with Crippen molar-refractivity contribution in [1.29, 1.82) is 0 Å². The normalized spacial score (nSPS) is 15.8. The van der Waals surface area contributed by atoms with Crippen LogP contribution in [0.3, 0.4) is 0 Å². The predicted molar refractivity (Wildman–Crippen MR) is 105 cm³/mol. The van der Waals surface area contributed by atoms with Gasteiger partial charge in [0.15, 0.2) is 11.5 Å². The molecule has 5 nitrogen and oxygen atoms in total. The fourth-order valence-electron chi connectivity index (χ4n) is 3.42. The Balaban J connectivity index is 1.50. The summed E-state index contributed by atoms with van der Waals surface area (Å²) in [5.74, 6) is 1.36. The van der Waals surface area contributed by atoms with Gasteiger partial charge in [-0.15, -0.1) is 0 Å². The maximum absolute atomic E-state index is 12.6. The van der Waals surface area contributed by atoms with Crippen LogP contribution in [0.2, 0.25) is 0 Å². The van der Waals surface area contributed by atoms with Gasteiger partial charge in [-0.05, 0) is 42.7 Å². The lowest BCUT2D eigenvalue weighted by Crippen LogP contribution is -2.22. The number of ether oxygens (including phenoxy) is 2. The molecule has 26 heavy (non-hydrogen) atoms. The number of nitrogens with zero attached hydrogens (tertiary/aromatic N) is 1. The second kappa shape index (κ2) is 7.58. The number of rotatable bonds is 4. The van der Waals surface area contributed by atoms with Crippen LogP contribution in [0.25, 0.3) is 0 Å². The monoisotopic (exact) mass is 416 g/mol. The van der Waals surface area contributed by atoms with Crippen LogP contribution in [0, 0.1) is 0 Å². The van der Waals surface area contributed by atoms with Crippen molar-refractivity contribution in [2.45, 2.75) is 19.3 Å². The van der Waals surface area contributed by atoms with E-state index in [2.05, 4.69) is 32.2 Å². The van der Waals surface area contributed by atoms with Gasteiger partial charge in [0.05, 0.1) is 17.8 Å². The van der Waals surface area contributed by atoms with Gasteiger partial charge in [-0.3, -0.25) is 4.79 Å². The van der Waals surface area contributed by atoms with Gasteiger partial charge in [0.25, 0.3) is 0 Å². The Bertz CT molecular complexity index is 819. The van der Waals surface area contributed by atoms with E-state index in [4.69, 9.17) is 9.47 Å². The highest BCUT2D eigenvalue weighted by molar-refractivity contribution is 9.10. The number of anilines is 2. The molecule has 0 unspecified atom stereocenters. The van der Waals surface area contributed by atoms with Crippen molar-refractivity contribution < 1.29 is 14.3 Å². The minimum atomic E-state index is -0.0472. The van der Waals surface area contributed by atoms with Crippen molar-refractivity contribution in [3.63, 3.8) is 0 Å². The number of hydrogen-bond donors (Lipinski definition) is 1. The summed E-state index contributed by atoms with van der Waals surface area (Å²) in [6.07, 6.45) is 2.67. The summed E-state index contributed by atoms with van der Waals surface area (Å²) in [5.41, 5.74) is 2.85. The molecule has 1 saturated heterocycles. The first-order valence-corrected chi connectivity index (χ1v) is 9.72. The van der Waals surface area contributed by atoms with E-state index in [9.17, 15) is 4.79 Å². The van der Waals surface area contributed by atoms with Crippen LogP contribution in [0.5, 0.6) is 11.5 Å². The van der Waals surface area contributed by atoms with E-state index < -0.39 is 0 Å². The number of amides is 1. The number of carbonyl (C=O) groups excluding carboxylic acids is 1. The van der Waals surface area contributed by atoms with Crippen molar-refractivity contribution >= 4 is 33.2 Å². The van der Waals surface area contributed by atoms with Gasteiger partial charge in [-0.1, -0.05) is 28.1 Å². The molecule has 0 aromatic heterocycles. The molecule has 6 heteroatoms. The fraction of sp³-hybridized carbons (Fsp3) is 0.350. The molecular weight excluding hydrogens is 396 g/mol. The SMILES string of the molecule is O=C(Cc1cc2c(cc1Br)OCCO2)Nc1ccccc1N1CCCC1. The average Bonchev–Trinajstić information content (AvgIpc) is 3.17. The third-order valence-corrected chi connectivity index (χ3v) is 5.43. The minimum Gasteiger partial charge on any atom is -0.486 e. The van der Waals surface area contributed by atoms with Crippen molar-refractivity contribution in [3.05, 3.63) is 46.4 Å². The van der Waals surface area contributed by atoms with Crippen LogP contribution in [0.1, 0.15) is 18.4 Å². The maximum atomic E-state index is 12.6. The Morgan fingerprint density at radius 2 is 1.77 bits per heavy atom. The van der Waals surface area contributed by atoms with Crippen molar-refractivity contribution in [2.75, 3.05) is 36.5 Å². The highest BCUT2D eigenvalue weighted by atomic mass is 79.9. The van der Waals surface area contributed by atoms with Crippen molar-refractivity contribution in [1.82, 2.24) is 0 Å². The molecule has 0 radical (unpaired) electrons. The van der Waals surface area contributed by atoms with Gasteiger partial charge in [0.2, 0.25) is 5.91 Å². The standard InChI is InChI=1S/C20H21BrN2O3/c21-15-13-19-18(25-9-10-26-19)11-14(15)12-20(24)22-16-5-1-2-6-17(16)23-7-3-4-8-23/h1-2,5-6,11,13H,3-4,7-10,12H2,(H,22,24). The topological polar surface area (TPSA) is 50.8 Å². The Morgan fingerprint density at radius 1 is 1.08 bits per heavy atom. The summed E-state index contributed by atoms with van der Waals surface area (Å²) >= 11 is 3.53.